The second-order valence-corrected chi connectivity index (χ2v) is 7.14. The van der Waals surface area contributed by atoms with Crippen LogP contribution in [0.2, 0.25) is 0 Å². The molecule has 1 fully saturated rings. The Balaban J connectivity index is 1.41. The van der Waals surface area contributed by atoms with Crippen LogP contribution in [0.4, 0.5) is 5.82 Å². The van der Waals surface area contributed by atoms with E-state index in [0.29, 0.717) is 16.8 Å². The second-order valence-electron chi connectivity index (χ2n) is 6.23. The predicted molar refractivity (Wildman–Crippen MR) is 99.3 cm³/mol. The van der Waals surface area contributed by atoms with Gasteiger partial charge in [-0.3, -0.25) is 19.1 Å². The molecule has 0 bridgehead atoms. The molecule has 0 spiro atoms. The number of hydrogen-bond acceptors (Lipinski definition) is 7. The first kappa shape index (κ1) is 16.6. The first-order valence-electron chi connectivity index (χ1n) is 8.43. The highest BCUT2D eigenvalue weighted by Crippen LogP contribution is 2.16. The molecule has 1 unspecified atom stereocenters. The SMILES string of the molecule is O=C(Cn1cnc2ccsc2c1=O)NC1CCCN(c2cnccn2)C1. The highest BCUT2D eigenvalue weighted by Gasteiger charge is 2.22. The molecule has 0 aliphatic carbocycles. The fourth-order valence-electron chi connectivity index (χ4n) is 3.18. The molecule has 1 atom stereocenters. The molecule has 1 saturated heterocycles. The minimum atomic E-state index is -0.184. The van der Waals surface area contributed by atoms with Gasteiger partial charge in [0.1, 0.15) is 17.1 Å². The number of thiophene rings is 1. The summed E-state index contributed by atoms with van der Waals surface area (Å²) in [5.74, 6) is 0.630. The van der Waals surface area contributed by atoms with E-state index in [9.17, 15) is 9.59 Å². The molecule has 1 aliphatic rings. The Morgan fingerprint density at radius 1 is 1.35 bits per heavy atom. The third-order valence-electron chi connectivity index (χ3n) is 4.41. The largest absolute Gasteiger partial charge is 0.353 e. The molecular formula is C17H18N6O2S. The number of rotatable bonds is 4. The summed E-state index contributed by atoms with van der Waals surface area (Å²) in [5, 5.41) is 4.85. The van der Waals surface area contributed by atoms with Crippen molar-refractivity contribution >= 4 is 33.3 Å². The quantitative estimate of drug-likeness (QED) is 0.737. The van der Waals surface area contributed by atoms with E-state index in [1.807, 2.05) is 5.38 Å². The number of nitrogens with zero attached hydrogens (tertiary/aromatic N) is 5. The monoisotopic (exact) mass is 370 g/mol. The van der Waals surface area contributed by atoms with Crippen LogP contribution in [0.15, 0.2) is 41.2 Å². The van der Waals surface area contributed by atoms with Gasteiger partial charge in [0.2, 0.25) is 5.91 Å². The Kier molecular flexibility index (Phi) is 4.61. The fraction of sp³-hybridized carbons (Fsp3) is 0.353. The second kappa shape index (κ2) is 7.20. The van der Waals surface area contributed by atoms with Crippen LogP contribution in [0.5, 0.6) is 0 Å². The average Bonchev–Trinajstić information content (AvgIpc) is 3.15. The lowest BCUT2D eigenvalue weighted by Crippen LogP contribution is -2.49. The van der Waals surface area contributed by atoms with Crippen molar-refractivity contribution in [2.24, 2.45) is 0 Å². The number of aromatic nitrogens is 4. The van der Waals surface area contributed by atoms with Crippen molar-refractivity contribution in [2.45, 2.75) is 25.4 Å². The van der Waals surface area contributed by atoms with Gasteiger partial charge >= 0.3 is 0 Å². The van der Waals surface area contributed by atoms with Crippen molar-refractivity contribution in [1.29, 1.82) is 0 Å². The molecule has 26 heavy (non-hydrogen) atoms. The molecule has 4 heterocycles. The first-order chi connectivity index (χ1) is 12.7. The summed E-state index contributed by atoms with van der Waals surface area (Å²) in [5.41, 5.74) is 0.494. The van der Waals surface area contributed by atoms with Gasteiger partial charge in [0.25, 0.3) is 5.56 Å². The molecule has 0 saturated carbocycles. The van der Waals surface area contributed by atoms with Gasteiger partial charge in [-0.05, 0) is 24.3 Å². The van der Waals surface area contributed by atoms with Crippen LogP contribution in [-0.4, -0.2) is 44.6 Å². The van der Waals surface area contributed by atoms with Crippen molar-refractivity contribution in [3.8, 4) is 0 Å². The van der Waals surface area contributed by atoms with E-state index in [4.69, 9.17) is 0 Å². The Morgan fingerprint density at radius 2 is 2.27 bits per heavy atom. The highest BCUT2D eigenvalue weighted by atomic mass is 32.1. The van der Waals surface area contributed by atoms with Crippen LogP contribution < -0.4 is 15.8 Å². The van der Waals surface area contributed by atoms with Crippen LogP contribution in [0, 0.1) is 0 Å². The number of hydrogen-bond donors (Lipinski definition) is 1. The Bertz CT molecular complexity index is 970. The van der Waals surface area contributed by atoms with Crippen molar-refractivity contribution in [1.82, 2.24) is 24.8 Å². The summed E-state index contributed by atoms with van der Waals surface area (Å²) in [4.78, 5) is 39.5. The fourth-order valence-corrected chi connectivity index (χ4v) is 3.97. The Labute approximate surface area is 153 Å². The van der Waals surface area contributed by atoms with Crippen molar-refractivity contribution in [3.05, 3.63) is 46.7 Å². The van der Waals surface area contributed by atoms with Gasteiger partial charge in [-0.25, -0.2) is 9.97 Å². The van der Waals surface area contributed by atoms with E-state index in [0.717, 1.165) is 25.2 Å². The van der Waals surface area contributed by atoms with Gasteiger partial charge < -0.3 is 10.2 Å². The molecule has 1 amide bonds. The predicted octanol–water partition coefficient (Wildman–Crippen LogP) is 1.03. The molecular weight excluding hydrogens is 352 g/mol. The van der Waals surface area contributed by atoms with E-state index in [1.54, 1.807) is 24.7 Å². The van der Waals surface area contributed by atoms with Gasteiger partial charge in [0.15, 0.2) is 0 Å². The molecule has 1 aliphatic heterocycles. The third-order valence-corrected chi connectivity index (χ3v) is 5.30. The van der Waals surface area contributed by atoms with Crippen molar-refractivity contribution in [2.75, 3.05) is 18.0 Å². The molecule has 1 N–H and O–H groups in total. The van der Waals surface area contributed by atoms with Gasteiger partial charge in [0.05, 0.1) is 18.0 Å². The lowest BCUT2D eigenvalue weighted by Gasteiger charge is -2.33. The van der Waals surface area contributed by atoms with E-state index < -0.39 is 0 Å². The van der Waals surface area contributed by atoms with E-state index in [-0.39, 0.29) is 24.1 Å². The molecule has 9 heteroatoms. The standard InChI is InChI=1S/C17H18N6O2S/c24-15(10-23-11-20-13-3-7-26-16(13)17(23)25)21-12-2-1-6-22(9-12)14-8-18-4-5-19-14/h3-5,7-8,11-12H,1-2,6,9-10H2,(H,21,24). The van der Waals surface area contributed by atoms with Gasteiger partial charge in [-0.2, -0.15) is 0 Å². The molecule has 4 rings (SSSR count). The van der Waals surface area contributed by atoms with E-state index in [1.165, 1.54) is 22.2 Å². The maximum Gasteiger partial charge on any atom is 0.271 e. The molecule has 3 aromatic rings. The topological polar surface area (TPSA) is 93.0 Å². The number of fused-ring (bicyclic) bond motifs is 1. The zero-order valence-corrected chi connectivity index (χ0v) is 14.9. The lowest BCUT2D eigenvalue weighted by molar-refractivity contribution is -0.122. The molecule has 0 aromatic carbocycles. The molecule has 0 radical (unpaired) electrons. The third kappa shape index (κ3) is 3.43. The summed E-state index contributed by atoms with van der Waals surface area (Å²) in [6.45, 7) is 1.55. The van der Waals surface area contributed by atoms with Crippen LogP contribution in [0.25, 0.3) is 10.2 Å². The number of amides is 1. The Morgan fingerprint density at radius 3 is 3.12 bits per heavy atom. The molecule has 3 aromatic heterocycles. The van der Waals surface area contributed by atoms with Crippen LogP contribution in [0.3, 0.4) is 0 Å². The number of anilines is 1. The highest BCUT2D eigenvalue weighted by molar-refractivity contribution is 7.17. The van der Waals surface area contributed by atoms with Crippen LogP contribution in [0.1, 0.15) is 12.8 Å². The maximum atomic E-state index is 12.4. The van der Waals surface area contributed by atoms with Crippen molar-refractivity contribution in [3.63, 3.8) is 0 Å². The minimum absolute atomic E-state index is 0.0207. The zero-order valence-electron chi connectivity index (χ0n) is 14.0. The summed E-state index contributed by atoms with van der Waals surface area (Å²) >= 11 is 1.34. The van der Waals surface area contributed by atoms with E-state index in [2.05, 4.69) is 25.2 Å². The smallest absolute Gasteiger partial charge is 0.271 e. The number of carbonyl (C=O) groups excluding carboxylic acids is 1. The zero-order chi connectivity index (χ0) is 17.9. The first-order valence-corrected chi connectivity index (χ1v) is 9.31. The molecule has 134 valence electrons. The molecule has 8 nitrogen and oxygen atoms in total. The summed E-state index contributed by atoms with van der Waals surface area (Å²) in [7, 11) is 0. The van der Waals surface area contributed by atoms with Gasteiger partial charge in [-0.1, -0.05) is 0 Å². The number of piperidine rings is 1. The summed E-state index contributed by atoms with van der Waals surface area (Å²) < 4.78 is 1.93. The van der Waals surface area contributed by atoms with E-state index >= 15 is 0 Å². The maximum absolute atomic E-state index is 12.4. The average molecular weight is 370 g/mol. The lowest BCUT2D eigenvalue weighted by atomic mass is 10.1. The Hall–Kier alpha value is -2.81. The van der Waals surface area contributed by atoms with Gasteiger partial charge in [0, 0.05) is 31.5 Å². The van der Waals surface area contributed by atoms with Gasteiger partial charge in [-0.15, -0.1) is 11.3 Å². The minimum Gasteiger partial charge on any atom is -0.353 e. The van der Waals surface area contributed by atoms with Crippen molar-refractivity contribution < 1.29 is 4.79 Å². The summed E-state index contributed by atoms with van der Waals surface area (Å²) in [6, 6.07) is 1.82. The normalized spacial score (nSPS) is 17.4. The number of nitrogens with one attached hydrogen (secondary N) is 1. The summed E-state index contributed by atoms with van der Waals surface area (Å²) in [6.07, 6.45) is 8.33. The number of carbonyl (C=O) groups is 1. The van der Waals surface area contributed by atoms with Crippen LogP contribution in [-0.2, 0) is 11.3 Å². The van der Waals surface area contributed by atoms with Crippen LogP contribution >= 0.6 is 11.3 Å².